The lowest BCUT2D eigenvalue weighted by Gasteiger charge is -2.36. The van der Waals surface area contributed by atoms with Gasteiger partial charge < -0.3 is 15.1 Å². The molecule has 2 aromatic rings. The second kappa shape index (κ2) is 8.62. The molecule has 0 bridgehead atoms. The second-order valence-corrected chi connectivity index (χ2v) is 7.17. The minimum Gasteiger partial charge on any atom is -0.373 e. The minimum absolute atomic E-state index is 0.128. The number of hydrogen-bond acceptors (Lipinski definition) is 4. The number of nitriles is 1. The first-order valence-corrected chi connectivity index (χ1v) is 9.53. The van der Waals surface area contributed by atoms with Crippen LogP contribution in [-0.4, -0.2) is 37.0 Å². The van der Waals surface area contributed by atoms with Crippen LogP contribution in [0.25, 0.3) is 0 Å². The van der Waals surface area contributed by atoms with Crippen LogP contribution in [0, 0.1) is 32.1 Å². The van der Waals surface area contributed by atoms with E-state index >= 15 is 0 Å². The molecule has 1 heterocycles. The van der Waals surface area contributed by atoms with Crippen LogP contribution in [0.3, 0.4) is 0 Å². The minimum atomic E-state index is -0.367. The third-order valence-corrected chi connectivity index (χ3v) is 5.30. The number of benzene rings is 2. The number of hydrogen-bond donors (Lipinski definition) is 1. The van der Waals surface area contributed by atoms with Crippen molar-refractivity contribution in [3.8, 4) is 6.07 Å². The zero-order chi connectivity index (χ0) is 20.1. The molecule has 1 saturated heterocycles. The Bertz CT molecular complexity index is 934. The van der Waals surface area contributed by atoms with E-state index in [0.29, 0.717) is 0 Å². The predicted molar refractivity (Wildman–Crippen MR) is 113 cm³/mol. The highest BCUT2D eigenvalue weighted by Crippen LogP contribution is 2.24. The summed E-state index contributed by atoms with van der Waals surface area (Å²) in [7, 11) is 0. The van der Waals surface area contributed by atoms with Crippen molar-refractivity contribution in [3.05, 3.63) is 70.9 Å². The van der Waals surface area contributed by atoms with E-state index < -0.39 is 0 Å². The molecule has 1 amide bonds. The lowest BCUT2D eigenvalue weighted by Crippen LogP contribution is -2.44. The summed E-state index contributed by atoms with van der Waals surface area (Å²) in [5.41, 5.74) is 5.69. The highest BCUT2D eigenvalue weighted by Gasteiger charge is 2.19. The summed E-state index contributed by atoms with van der Waals surface area (Å²) in [6.45, 7) is 9.48. The summed E-state index contributed by atoms with van der Waals surface area (Å²) in [6.07, 6.45) is 1.69. The first-order valence-electron chi connectivity index (χ1n) is 9.53. The summed E-state index contributed by atoms with van der Waals surface area (Å²) in [4.78, 5) is 16.9. The van der Waals surface area contributed by atoms with E-state index in [1.165, 1.54) is 16.8 Å². The van der Waals surface area contributed by atoms with E-state index in [1.807, 2.05) is 37.3 Å². The van der Waals surface area contributed by atoms with Crippen LogP contribution in [0.1, 0.15) is 16.7 Å². The molecule has 1 N–H and O–H groups in total. The third kappa shape index (κ3) is 4.34. The van der Waals surface area contributed by atoms with Gasteiger partial charge in [-0.1, -0.05) is 30.3 Å². The quantitative estimate of drug-likeness (QED) is 0.654. The van der Waals surface area contributed by atoms with Crippen molar-refractivity contribution in [3.63, 3.8) is 0 Å². The van der Waals surface area contributed by atoms with Crippen LogP contribution in [0.4, 0.5) is 11.4 Å². The lowest BCUT2D eigenvalue weighted by atomic mass is 10.1. The first-order chi connectivity index (χ1) is 13.5. The maximum atomic E-state index is 12.5. The number of rotatable bonds is 4. The monoisotopic (exact) mass is 374 g/mol. The highest BCUT2D eigenvalue weighted by molar-refractivity contribution is 6.06. The molecule has 0 radical (unpaired) electrons. The SMILES string of the molecule is Cc1ccccc1NC(=O)/C(C#N)=C\N1CCN(c2cccc(C)c2C)CC1. The van der Waals surface area contributed by atoms with E-state index in [1.54, 1.807) is 6.20 Å². The Morgan fingerprint density at radius 1 is 1.00 bits per heavy atom. The van der Waals surface area contributed by atoms with Crippen LogP contribution in [0.15, 0.2) is 54.2 Å². The number of para-hydroxylation sites is 1. The molecule has 144 valence electrons. The largest absolute Gasteiger partial charge is 0.373 e. The van der Waals surface area contributed by atoms with Gasteiger partial charge in [0.1, 0.15) is 11.6 Å². The Morgan fingerprint density at radius 2 is 1.68 bits per heavy atom. The smallest absolute Gasteiger partial charge is 0.267 e. The van der Waals surface area contributed by atoms with Gasteiger partial charge in [-0.15, -0.1) is 0 Å². The summed E-state index contributed by atoms with van der Waals surface area (Å²) >= 11 is 0. The van der Waals surface area contributed by atoms with Crippen molar-refractivity contribution in [2.75, 3.05) is 36.4 Å². The molecule has 0 unspecified atom stereocenters. The van der Waals surface area contributed by atoms with Crippen LogP contribution in [0.2, 0.25) is 0 Å². The van der Waals surface area contributed by atoms with Crippen molar-refractivity contribution in [2.45, 2.75) is 20.8 Å². The molecule has 1 aliphatic heterocycles. The molecule has 0 atom stereocenters. The van der Waals surface area contributed by atoms with Crippen LogP contribution in [-0.2, 0) is 4.79 Å². The van der Waals surface area contributed by atoms with E-state index in [4.69, 9.17) is 0 Å². The number of aryl methyl sites for hydroxylation is 2. The molecule has 3 rings (SSSR count). The van der Waals surface area contributed by atoms with Crippen LogP contribution < -0.4 is 10.2 Å². The van der Waals surface area contributed by atoms with Gasteiger partial charge in [0, 0.05) is 43.8 Å². The molecule has 28 heavy (non-hydrogen) atoms. The lowest BCUT2D eigenvalue weighted by molar-refractivity contribution is -0.112. The molecule has 1 aliphatic rings. The Labute approximate surface area is 166 Å². The van der Waals surface area contributed by atoms with Gasteiger partial charge in [-0.05, 0) is 49.6 Å². The van der Waals surface area contributed by atoms with Crippen molar-refractivity contribution in [1.82, 2.24) is 4.90 Å². The van der Waals surface area contributed by atoms with Gasteiger partial charge in [-0.25, -0.2) is 0 Å². The average Bonchev–Trinajstić information content (AvgIpc) is 2.70. The van der Waals surface area contributed by atoms with Crippen molar-refractivity contribution < 1.29 is 4.79 Å². The maximum absolute atomic E-state index is 12.5. The fraction of sp³-hybridized carbons (Fsp3) is 0.304. The van der Waals surface area contributed by atoms with E-state index in [2.05, 4.69) is 47.2 Å². The molecule has 0 aliphatic carbocycles. The van der Waals surface area contributed by atoms with Crippen molar-refractivity contribution >= 4 is 17.3 Å². The Hall–Kier alpha value is -3.26. The molecule has 2 aromatic carbocycles. The number of carbonyl (C=O) groups is 1. The summed E-state index contributed by atoms with van der Waals surface area (Å²) < 4.78 is 0. The standard InChI is InChI=1S/C23H26N4O/c1-17-8-6-10-22(19(17)3)27-13-11-26(12-14-27)16-20(15-24)23(28)25-21-9-5-4-7-18(21)2/h4-10,16H,11-14H2,1-3H3,(H,25,28)/b20-16-. The maximum Gasteiger partial charge on any atom is 0.267 e. The normalized spacial score (nSPS) is 14.6. The zero-order valence-electron chi connectivity index (χ0n) is 16.7. The Morgan fingerprint density at radius 3 is 2.36 bits per heavy atom. The fourth-order valence-corrected chi connectivity index (χ4v) is 3.39. The van der Waals surface area contributed by atoms with Gasteiger partial charge in [-0.2, -0.15) is 5.26 Å². The topological polar surface area (TPSA) is 59.4 Å². The molecule has 0 saturated carbocycles. The summed E-state index contributed by atoms with van der Waals surface area (Å²) in [5, 5.41) is 12.3. The Balaban J connectivity index is 1.65. The molecular formula is C23H26N4O. The second-order valence-electron chi connectivity index (χ2n) is 7.17. The number of anilines is 2. The number of piperazine rings is 1. The average molecular weight is 374 g/mol. The predicted octanol–water partition coefficient (Wildman–Crippen LogP) is 3.78. The zero-order valence-corrected chi connectivity index (χ0v) is 16.7. The van der Waals surface area contributed by atoms with E-state index in [0.717, 1.165) is 37.4 Å². The van der Waals surface area contributed by atoms with Crippen molar-refractivity contribution in [2.24, 2.45) is 0 Å². The number of carbonyl (C=O) groups excluding carboxylic acids is 1. The van der Waals surface area contributed by atoms with Gasteiger partial charge in [0.15, 0.2) is 0 Å². The first kappa shape index (κ1) is 19.5. The molecule has 5 nitrogen and oxygen atoms in total. The highest BCUT2D eigenvalue weighted by atomic mass is 16.1. The van der Waals surface area contributed by atoms with E-state index in [9.17, 15) is 10.1 Å². The van der Waals surface area contributed by atoms with Gasteiger partial charge in [-0.3, -0.25) is 4.79 Å². The van der Waals surface area contributed by atoms with Gasteiger partial charge >= 0.3 is 0 Å². The number of nitrogens with one attached hydrogen (secondary N) is 1. The Kier molecular flexibility index (Phi) is 6.00. The number of nitrogens with zero attached hydrogens (tertiary/aromatic N) is 3. The number of amides is 1. The fourth-order valence-electron chi connectivity index (χ4n) is 3.39. The van der Waals surface area contributed by atoms with Crippen LogP contribution >= 0.6 is 0 Å². The molecule has 0 aromatic heterocycles. The summed E-state index contributed by atoms with van der Waals surface area (Å²) in [6, 6.07) is 16.0. The molecular weight excluding hydrogens is 348 g/mol. The van der Waals surface area contributed by atoms with Gasteiger partial charge in [0.05, 0.1) is 0 Å². The van der Waals surface area contributed by atoms with Crippen LogP contribution in [0.5, 0.6) is 0 Å². The molecule has 0 spiro atoms. The van der Waals surface area contributed by atoms with Crippen molar-refractivity contribution in [1.29, 1.82) is 5.26 Å². The van der Waals surface area contributed by atoms with Gasteiger partial charge in [0.2, 0.25) is 0 Å². The molecule has 5 heteroatoms. The van der Waals surface area contributed by atoms with E-state index in [-0.39, 0.29) is 11.5 Å². The van der Waals surface area contributed by atoms with Gasteiger partial charge in [0.25, 0.3) is 5.91 Å². The summed E-state index contributed by atoms with van der Waals surface area (Å²) in [5.74, 6) is -0.367. The molecule has 1 fully saturated rings. The third-order valence-electron chi connectivity index (χ3n) is 5.30.